The van der Waals surface area contributed by atoms with E-state index in [4.69, 9.17) is 11.6 Å². The third-order valence-electron chi connectivity index (χ3n) is 5.55. The first kappa shape index (κ1) is 24.6. The van der Waals surface area contributed by atoms with Crippen molar-refractivity contribution in [3.05, 3.63) is 64.7 Å². The molecule has 6 nitrogen and oxygen atoms in total. The number of sulfonamides is 1. The number of alkyl halides is 1. The van der Waals surface area contributed by atoms with E-state index in [0.717, 1.165) is 12.8 Å². The van der Waals surface area contributed by atoms with Crippen molar-refractivity contribution in [3.63, 3.8) is 0 Å². The van der Waals surface area contributed by atoms with Gasteiger partial charge in [-0.05, 0) is 61.7 Å². The zero-order chi connectivity index (χ0) is 23.3. The second-order valence-electron chi connectivity index (χ2n) is 8.13. The van der Waals surface area contributed by atoms with Gasteiger partial charge in [-0.25, -0.2) is 12.8 Å². The highest BCUT2D eigenvalue weighted by molar-refractivity contribution is 7.89. The van der Waals surface area contributed by atoms with E-state index >= 15 is 0 Å². The van der Waals surface area contributed by atoms with Gasteiger partial charge in [-0.3, -0.25) is 4.79 Å². The number of hydrogen-bond donors (Lipinski definition) is 2. The molecule has 1 aliphatic rings. The van der Waals surface area contributed by atoms with Crippen molar-refractivity contribution in [1.82, 2.24) is 9.62 Å². The lowest BCUT2D eigenvalue weighted by Crippen LogP contribution is -2.46. The molecule has 0 heterocycles. The molecule has 0 spiro atoms. The Bertz CT molecular complexity index is 1010. The van der Waals surface area contributed by atoms with Crippen LogP contribution < -0.4 is 5.32 Å². The second-order valence-corrected chi connectivity index (χ2v) is 10.5. The van der Waals surface area contributed by atoms with Gasteiger partial charge in [0.15, 0.2) is 0 Å². The number of rotatable bonds is 8. The molecular formula is C23H28ClFN2O4S. The molecule has 2 aromatic rings. The topological polar surface area (TPSA) is 86.7 Å². The SMILES string of the molecule is CC(O)CNC(=O)c1ccc(CN(C2CCCC[C@@H]2F)S(=O)(=O)c2ccc(Cl)cc2)cc1. The first-order valence-electron chi connectivity index (χ1n) is 10.6. The summed E-state index contributed by atoms with van der Waals surface area (Å²) >= 11 is 5.91. The van der Waals surface area contributed by atoms with E-state index in [1.54, 1.807) is 31.2 Å². The summed E-state index contributed by atoms with van der Waals surface area (Å²) in [5.41, 5.74) is 1.04. The summed E-state index contributed by atoms with van der Waals surface area (Å²) < 4.78 is 43.0. The predicted octanol–water partition coefficient (Wildman–Crippen LogP) is 3.92. The minimum absolute atomic E-state index is 0.00831. The van der Waals surface area contributed by atoms with E-state index in [9.17, 15) is 22.7 Å². The van der Waals surface area contributed by atoms with Crippen molar-refractivity contribution in [2.75, 3.05) is 6.54 Å². The third kappa shape index (κ3) is 6.07. The maximum absolute atomic E-state index is 14.8. The molecule has 0 aromatic heterocycles. The van der Waals surface area contributed by atoms with Crippen molar-refractivity contribution in [2.45, 2.75) is 62.4 Å². The van der Waals surface area contributed by atoms with Crippen LogP contribution in [-0.4, -0.2) is 48.6 Å². The average molecular weight is 483 g/mol. The molecule has 2 aromatic carbocycles. The van der Waals surface area contributed by atoms with Crippen LogP contribution in [0.1, 0.15) is 48.5 Å². The molecule has 1 fully saturated rings. The zero-order valence-corrected chi connectivity index (χ0v) is 19.4. The summed E-state index contributed by atoms with van der Waals surface area (Å²) in [4.78, 5) is 12.2. The van der Waals surface area contributed by atoms with E-state index in [-0.39, 0.29) is 23.9 Å². The molecule has 174 valence electrons. The van der Waals surface area contributed by atoms with Gasteiger partial charge in [0.05, 0.1) is 17.0 Å². The van der Waals surface area contributed by atoms with Gasteiger partial charge >= 0.3 is 0 Å². The summed E-state index contributed by atoms with van der Waals surface area (Å²) in [7, 11) is -3.97. The van der Waals surface area contributed by atoms with E-state index in [1.165, 1.54) is 28.6 Å². The molecule has 0 saturated heterocycles. The molecule has 0 bridgehead atoms. The molecule has 1 amide bonds. The molecule has 1 aliphatic carbocycles. The third-order valence-corrected chi connectivity index (χ3v) is 7.69. The van der Waals surface area contributed by atoms with Gasteiger partial charge in [-0.1, -0.05) is 36.6 Å². The zero-order valence-electron chi connectivity index (χ0n) is 17.9. The lowest BCUT2D eigenvalue weighted by Gasteiger charge is -2.35. The highest BCUT2D eigenvalue weighted by Crippen LogP contribution is 2.31. The lowest BCUT2D eigenvalue weighted by atomic mass is 9.93. The van der Waals surface area contributed by atoms with Crippen molar-refractivity contribution in [3.8, 4) is 0 Å². The van der Waals surface area contributed by atoms with Gasteiger partial charge in [-0.2, -0.15) is 4.31 Å². The van der Waals surface area contributed by atoms with Gasteiger partial charge in [0.2, 0.25) is 10.0 Å². The summed E-state index contributed by atoms with van der Waals surface area (Å²) in [6, 6.07) is 11.6. The van der Waals surface area contributed by atoms with Crippen LogP contribution in [-0.2, 0) is 16.6 Å². The maximum atomic E-state index is 14.8. The van der Waals surface area contributed by atoms with Gasteiger partial charge in [-0.15, -0.1) is 0 Å². The minimum Gasteiger partial charge on any atom is -0.392 e. The largest absolute Gasteiger partial charge is 0.392 e. The Labute approximate surface area is 193 Å². The average Bonchev–Trinajstić information content (AvgIpc) is 2.77. The van der Waals surface area contributed by atoms with Crippen LogP contribution in [0.25, 0.3) is 0 Å². The molecule has 1 saturated carbocycles. The normalized spacial score (nSPS) is 20.2. The molecule has 3 rings (SSSR count). The van der Waals surface area contributed by atoms with Gasteiger partial charge < -0.3 is 10.4 Å². The van der Waals surface area contributed by atoms with E-state index in [2.05, 4.69) is 5.32 Å². The Morgan fingerprint density at radius 3 is 2.38 bits per heavy atom. The van der Waals surface area contributed by atoms with Crippen LogP contribution in [0.2, 0.25) is 5.02 Å². The Morgan fingerprint density at radius 2 is 1.78 bits per heavy atom. The summed E-state index contributed by atoms with van der Waals surface area (Å²) in [6.07, 6.45) is 0.390. The highest BCUT2D eigenvalue weighted by Gasteiger charge is 2.38. The van der Waals surface area contributed by atoms with Crippen molar-refractivity contribution >= 4 is 27.5 Å². The van der Waals surface area contributed by atoms with Crippen LogP contribution in [0.3, 0.4) is 0 Å². The van der Waals surface area contributed by atoms with Gasteiger partial charge in [0.1, 0.15) is 6.17 Å². The number of aliphatic hydroxyl groups excluding tert-OH is 1. The molecule has 0 radical (unpaired) electrons. The Hall–Kier alpha value is -2.00. The highest BCUT2D eigenvalue weighted by atomic mass is 35.5. The molecular weight excluding hydrogens is 455 g/mol. The fraction of sp³-hybridized carbons (Fsp3) is 0.435. The van der Waals surface area contributed by atoms with Crippen molar-refractivity contribution in [2.24, 2.45) is 0 Å². The number of nitrogens with zero attached hydrogens (tertiary/aromatic N) is 1. The molecule has 0 aliphatic heterocycles. The fourth-order valence-corrected chi connectivity index (χ4v) is 5.59. The number of nitrogens with one attached hydrogen (secondary N) is 1. The van der Waals surface area contributed by atoms with Crippen molar-refractivity contribution in [1.29, 1.82) is 0 Å². The molecule has 2 N–H and O–H groups in total. The molecule has 9 heteroatoms. The van der Waals surface area contributed by atoms with E-state index in [0.29, 0.717) is 29.0 Å². The first-order chi connectivity index (χ1) is 15.2. The second kappa shape index (κ2) is 10.7. The standard InChI is InChI=1S/C23H28ClFN2O4S/c1-16(28)14-26-23(29)18-8-6-17(7-9-18)15-27(22-5-3-2-4-21(22)25)32(30,31)20-12-10-19(24)11-13-20/h6-13,16,21-22,28H,2-5,14-15H2,1H3,(H,26,29)/t16?,21-,22?/m0/s1. The van der Waals surface area contributed by atoms with Crippen LogP contribution in [0, 0.1) is 0 Å². The summed E-state index contributed by atoms with van der Waals surface area (Å²) in [5.74, 6) is -0.334. The quantitative estimate of drug-likeness (QED) is 0.597. The Balaban J connectivity index is 1.86. The number of hydrogen-bond acceptors (Lipinski definition) is 4. The Morgan fingerprint density at radius 1 is 1.16 bits per heavy atom. The molecule has 2 unspecified atom stereocenters. The monoisotopic (exact) mass is 482 g/mol. The summed E-state index contributed by atoms with van der Waals surface area (Å²) in [6.45, 7) is 1.70. The number of benzene rings is 2. The predicted molar refractivity (Wildman–Crippen MR) is 122 cm³/mol. The number of amides is 1. The van der Waals surface area contributed by atoms with Crippen LogP contribution >= 0.6 is 11.6 Å². The minimum atomic E-state index is -3.97. The van der Waals surface area contributed by atoms with Crippen molar-refractivity contribution < 1.29 is 22.7 Å². The number of aliphatic hydroxyl groups is 1. The maximum Gasteiger partial charge on any atom is 0.251 e. The van der Waals surface area contributed by atoms with Crippen LogP contribution in [0.4, 0.5) is 4.39 Å². The smallest absolute Gasteiger partial charge is 0.251 e. The summed E-state index contributed by atoms with van der Waals surface area (Å²) in [5, 5.41) is 12.3. The Kier molecular flexibility index (Phi) is 8.27. The van der Waals surface area contributed by atoms with Gasteiger partial charge in [0.25, 0.3) is 5.91 Å². The molecule has 32 heavy (non-hydrogen) atoms. The van der Waals surface area contributed by atoms with E-state index < -0.39 is 28.3 Å². The van der Waals surface area contributed by atoms with Crippen LogP contribution in [0.15, 0.2) is 53.4 Å². The number of carbonyl (C=O) groups is 1. The number of carbonyl (C=O) groups excluding carboxylic acids is 1. The lowest BCUT2D eigenvalue weighted by molar-refractivity contribution is 0.0924. The first-order valence-corrected chi connectivity index (χ1v) is 12.5. The van der Waals surface area contributed by atoms with Gasteiger partial charge in [0, 0.05) is 23.7 Å². The van der Waals surface area contributed by atoms with E-state index in [1.807, 2.05) is 0 Å². The van der Waals surface area contributed by atoms with Crippen LogP contribution in [0.5, 0.6) is 0 Å². The fourth-order valence-electron chi connectivity index (χ4n) is 3.80. The molecule has 3 atom stereocenters. The number of halogens is 2.